The van der Waals surface area contributed by atoms with Crippen molar-refractivity contribution in [1.82, 2.24) is 5.32 Å². The summed E-state index contributed by atoms with van der Waals surface area (Å²) in [6, 6.07) is 4.06. The maximum atomic E-state index is 8.92. The van der Waals surface area contributed by atoms with E-state index < -0.39 is 0 Å². The zero-order valence-electron chi connectivity index (χ0n) is 8.21. The van der Waals surface area contributed by atoms with Gasteiger partial charge in [-0.15, -0.1) is 0 Å². The van der Waals surface area contributed by atoms with Crippen molar-refractivity contribution in [2.45, 2.75) is 32.9 Å². The summed E-state index contributed by atoms with van der Waals surface area (Å²) in [5.41, 5.74) is 0. The van der Waals surface area contributed by atoms with Gasteiger partial charge in [0, 0.05) is 6.04 Å². The standard InChI is InChI=1S/C10H17NO2/c1-3-9(7-12)11-6-10-5-4-8(2)13-10/h4-5,9,11-12H,3,6-7H2,1-2H3/t9-/m0/s1. The molecule has 0 bridgehead atoms. The summed E-state index contributed by atoms with van der Waals surface area (Å²) in [5.74, 6) is 1.85. The van der Waals surface area contributed by atoms with Crippen molar-refractivity contribution in [3.63, 3.8) is 0 Å². The van der Waals surface area contributed by atoms with Crippen LogP contribution in [-0.4, -0.2) is 17.8 Å². The summed E-state index contributed by atoms with van der Waals surface area (Å²) >= 11 is 0. The quantitative estimate of drug-likeness (QED) is 0.726. The van der Waals surface area contributed by atoms with Crippen LogP contribution in [0.3, 0.4) is 0 Å². The van der Waals surface area contributed by atoms with Crippen molar-refractivity contribution in [2.24, 2.45) is 0 Å². The van der Waals surface area contributed by atoms with Crippen LogP contribution in [0, 0.1) is 6.92 Å². The highest BCUT2D eigenvalue weighted by Gasteiger charge is 2.04. The first-order valence-corrected chi connectivity index (χ1v) is 4.65. The lowest BCUT2D eigenvalue weighted by atomic mass is 10.2. The predicted molar refractivity (Wildman–Crippen MR) is 51.4 cm³/mol. The van der Waals surface area contributed by atoms with Gasteiger partial charge in [-0.2, -0.15) is 0 Å². The van der Waals surface area contributed by atoms with E-state index in [-0.39, 0.29) is 12.6 Å². The smallest absolute Gasteiger partial charge is 0.117 e. The molecule has 0 saturated heterocycles. The van der Waals surface area contributed by atoms with Gasteiger partial charge in [-0.3, -0.25) is 0 Å². The Hall–Kier alpha value is -0.800. The number of hydrogen-bond donors (Lipinski definition) is 2. The summed E-state index contributed by atoms with van der Waals surface area (Å²) in [4.78, 5) is 0. The number of aryl methyl sites for hydroxylation is 1. The average Bonchev–Trinajstić information content (AvgIpc) is 2.53. The molecule has 1 aromatic heterocycles. The SMILES string of the molecule is CC[C@@H](CO)NCc1ccc(C)o1. The Balaban J connectivity index is 2.33. The van der Waals surface area contributed by atoms with Gasteiger partial charge in [0.15, 0.2) is 0 Å². The van der Waals surface area contributed by atoms with Crippen LogP contribution in [0.1, 0.15) is 24.9 Å². The van der Waals surface area contributed by atoms with E-state index in [9.17, 15) is 0 Å². The molecule has 0 radical (unpaired) electrons. The van der Waals surface area contributed by atoms with Crippen molar-refractivity contribution in [3.8, 4) is 0 Å². The van der Waals surface area contributed by atoms with E-state index in [1.54, 1.807) is 0 Å². The van der Waals surface area contributed by atoms with Crippen LogP contribution in [0.2, 0.25) is 0 Å². The van der Waals surface area contributed by atoms with Crippen LogP contribution in [0.4, 0.5) is 0 Å². The molecule has 0 aromatic carbocycles. The van der Waals surface area contributed by atoms with Gasteiger partial charge in [-0.05, 0) is 25.5 Å². The van der Waals surface area contributed by atoms with E-state index in [1.807, 2.05) is 26.0 Å². The van der Waals surface area contributed by atoms with Crippen molar-refractivity contribution in [1.29, 1.82) is 0 Å². The summed E-state index contributed by atoms with van der Waals surface area (Å²) in [5, 5.41) is 12.1. The fourth-order valence-corrected chi connectivity index (χ4v) is 1.16. The lowest BCUT2D eigenvalue weighted by Crippen LogP contribution is -2.30. The van der Waals surface area contributed by atoms with Crippen molar-refractivity contribution < 1.29 is 9.52 Å². The third-order valence-corrected chi connectivity index (χ3v) is 2.07. The molecule has 3 heteroatoms. The molecule has 1 atom stereocenters. The third kappa shape index (κ3) is 3.20. The largest absolute Gasteiger partial charge is 0.465 e. The molecule has 1 heterocycles. The van der Waals surface area contributed by atoms with Crippen molar-refractivity contribution in [3.05, 3.63) is 23.7 Å². The number of rotatable bonds is 5. The Bertz CT molecular complexity index is 241. The Morgan fingerprint density at radius 2 is 2.31 bits per heavy atom. The molecule has 0 aliphatic rings. The van der Waals surface area contributed by atoms with Gasteiger partial charge in [-0.1, -0.05) is 6.92 Å². The lowest BCUT2D eigenvalue weighted by Gasteiger charge is -2.12. The molecule has 1 aromatic rings. The molecule has 0 spiro atoms. The first-order valence-electron chi connectivity index (χ1n) is 4.65. The third-order valence-electron chi connectivity index (χ3n) is 2.07. The first kappa shape index (κ1) is 10.3. The average molecular weight is 183 g/mol. The van der Waals surface area contributed by atoms with E-state index in [0.29, 0.717) is 6.54 Å². The summed E-state index contributed by atoms with van der Waals surface area (Å²) in [7, 11) is 0. The summed E-state index contributed by atoms with van der Waals surface area (Å²) < 4.78 is 5.38. The highest BCUT2D eigenvalue weighted by Crippen LogP contribution is 2.06. The van der Waals surface area contributed by atoms with Crippen molar-refractivity contribution >= 4 is 0 Å². The molecular formula is C10H17NO2. The molecule has 3 nitrogen and oxygen atoms in total. The minimum Gasteiger partial charge on any atom is -0.465 e. The second-order valence-electron chi connectivity index (χ2n) is 3.18. The van der Waals surface area contributed by atoms with E-state index in [1.165, 1.54) is 0 Å². The molecule has 2 N–H and O–H groups in total. The zero-order chi connectivity index (χ0) is 9.68. The minimum atomic E-state index is 0.172. The predicted octanol–water partition coefficient (Wildman–Crippen LogP) is 1.45. The highest BCUT2D eigenvalue weighted by molar-refractivity contribution is 5.05. The molecule has 0 amide bonds. The molecule has 0 fully saturated rings. The van der Waals surface area contributed by atoms with Crippen molar-refractivity contribution in [2.75, 3.05) is 6.61 Å². The van der Waals surface area contributed by atoms with Gasteiger partial charge < -0.3 is 14.8 Å². The maximum absolute atomic E-state index is 8.92. The van der Waals surface area contributed by atoms with Crippen LogP contribution in [-0.2, 0) is 6.54 Å². The van der Waals surface area contributed by atoms with Gasteiger partial charge in [-0.25, -0.2) is 0 Å². The summed E-state index contributed by atoms with van der Waals surface area (Å²) in [6.45, 7) is 4.83. The topological polar surface area (TPSA) is 45.4 Å². The molecule has 0 unspecified atom stereocenters. The molecule has 0 saturated carbocycles. The van der Waals surface area contributed by atoms with Gasteiger partial charge in [0.25, 0.3) is 0 Å². The molecular weight excluding hydrogens is 166 g/mol. The first-order chi connectivity index (χ1) is 6.26. The maximum Gasteiger partial charge on any atom is 0.117 e. The van der Waals surface area contributed by atoms with Gasteiger partial charge in [0.05, 0.1) is 13.2 Å². The number of furan rings is 1. The molecule has 0 aliphatic heterocycles. The molecule has 1 rings (SSSR count). The van der Waals surface area contributed by atoms with E-state index in [2.05, 4.69) is 5.32 Å². The van der Waals surface area contributed by atoms with Crippen LogP contribution in [0.15, 0.2) is 16.5 Å². The van der Waals surface area contributed by atoms with Crippen LogP contribution >= 0.6 is 0 Å². The van der Waals surface area contributed by atoms with Gasteiger partial charge in [0.2, 0.25) is 0 Å². The lowest BCUT2D eigenvalue weighted by molar-refractivity contribution is 0.235. The minimum absolute atomic E-state index is 0.172. The molecule has 74 valence electrons. The number of aliphatic hydroxyl groups excluding tert-OH is 1. The Morgan fingerprint density at radius 1 is 1.54 bits per heavy atom. The monoisotopic (exact) mass is 183 g/mol. The Labute approximate surface area is 78.8 Å². The highest BCUT2D eigenvalue weighted by atomic mass is 16.3. The number of aliphatic hydroxyl groups is 1. The van der Waals surface area contributed by atoms with Crippen LogP contribution in [0.25, 0.3) is 0 Å². The fourth-order valence-electron chi connectivity index (χ4n) is 1.16. The van der Waals surface area contributed by atoms with E-state index >= 15 is 0 Å². The van der Waals surface area contributed by atoms with E-state index in [4.69, 9.17) is 9.52 Å². The fraction of sp³-hybridized carbons (Fsp3) is 0.600. The second-order valence-corrected chi connectivity index (χ2v) is 3.18. The molecule has 0 aliphatic carbocycles. The molecule has 13 heavy (non-hydrogen) atoms. The van der Waals surface area contributed by atoms with E-state index in [0.717, 1.165) is 17.9 Å². The number of nitrogens with one attached hydrogen (secondary N) is 1. The van der Waals surface area contributed by atoms with Crippen LogP contribution < -0.4 is 5.32 Å². The zero-order valence-corrected chi connectivity index (χ0v) is 8.21. The summed E-state index contributed by atoms with van der Waals surface area (Å²) in [6.07, 6.45) is 0.927. The van der Waals surface area contributed by atoms with Crippen LogP contribution in [0.5, 0.6) is 0 Å². The van der Waals surface area contributed by atoms with Gasteiger partial charge in [0.1, 0.15) is 11.5 Å². The normalized spacial score (nSPS) is 13.2. The Morgan fingerprint density at radius 3 is 2.77 bits per heavy atom. The number of hydrogen-bond acceptors (Lipinski definition) is 3. The second kappa shape index (κ2) is 5.04. The van der Waals surface area contributed by atoms with Gasteiger partial charge >= 0.3 is 0 Å². The Kier molecular flexibility index (Phi) is 3.99.